The molecule has 0 bridgehead atoms. The van der Waals surface area contributed by atoms with Gasteiger partial charge in [-0.3, -0.25) is 14.4 Å². The molecule has 158 valence electrons. The number of carbonyl (C=O) groups excluding carboxylic acids is 3. The van der Waals surface area contributed by atoms with Gasteiger partial charge in [0, 0.05) is 5.39 Å². The van der Waals surface area contributed by atoms with E-state index in [2.05, 4.69) is 5.10 Å². The number of carbonyl (C=O) groups is 3. The quantitative estimate of drug-likeness (QED) is 0.304. The van der Waals surface area contributed by atoms with Crippen molar-refractivity contribution in [3.63, 3.8) is 0 Å². The lowest BCUT2D eigenvalue weighted by Gasteiger charge is -2.14. The molecule has 1 aliphatic heterocycles. The van der Waals surface area contributed by atoms with Gasteiger partial charge < -0.3 is 4.42 Å². The molecule has 3 heterocycles. The third-order valence-electron chi connectivity index (χ3n) is 5.59. The number of ketones is 1. The number of hydrogen-bond acceptors (Lipinski definition) is 5. The van der Waals surface area contributed by atoms with Gasteiger partial charge in [-0.15, -0.1) is 0 Å². The number of rotatable bonds is 4. The number of furan rings is 1. The number of amides is 2. The molecule has 3 aromatic carbocycles. The summed E-state index contributed by atoms with van der Waals surface area (Å²) in [6, 6.07) is 26.4. The van der Waals surface area contributed by atoms with E-state index in [1.165, 1.54) is 4.68 Å². The van der Waals surface area contributed by atoms with Crippen LogP contribution in [0, 0.1) is 0 Å². The van der Waals surface area contributed by atoms with E-state index < -0.39 is 17.6 Å². The van der Waals surface area contributed by atoms with Crippen LogP contribution in [0.5, 0.6) is 0 Å². The maximum Gasteiger partial charge on any atom is 0.284 e. The van der Waals surface area contributed by atoms with E-state index in [1.54, 1.807) is 66.7 Å². The topological polar surface area (TPSA) is 85.4 Å². The largest absolute Gasteiger partial charge is 0.453 e. The molecule has 0 atom stereocenters. The van der Waals surface area contributed by atoms with Crippen LogP contribution in [0.2, 0.25) is 0 Å². The normalized spacial score (nSPS) is 13.0. The maximum absolute atomic E-state index is 13.5. The molecule has 2 aromatic heterocycles. The molecule has 6 rings (SSSR count). The third kappa shape index (κ3) is 2.83. The van der Waals surface area contributed by atoms with Crippen molar-refractivity contribution in [2.45, 2.75) is 0 Å². The maximum atomic E-state index is 13.5. The lowest BCUT2D eigenvalue weighted by atomic mass is 10.1. The lowest BCUT2D eigenvalue weighted by molar-refractivity contribution is 0.0914. The lowest BCUT2D eigenvalue weighted by Crippen LogP contribution is -2.31. The van der Waals surface area contributed by atoms with Crippen molar-refractivity contribution in [3.05, 3.63) is 114 Å². The summed E-state index contributed by atoms with van der Waals surface area (Å²) in [5, 5.41) is 5.17. The number of para-hydroxylation sites is 3. The predicted molar refractivity (Wildman–Crippen MR) is 121 cm³/mol. The Balaban J connectivity index is 1.55. The first-order valence-corrected chi connectivity index (χ1v) is 10.3. The summed E-state index contributed by atoms with van der Waals surface area (Å²) in [6.07, 6.45) is 0. The molecule has 0 saturated carbocycles. The van der Waals surface area contributed by atoms with Crippen LogP contribution in [0.25, 0.3) is 16.7 Å². The first-order chi connectivity index (χ1) is 16.1. The van der Waals surface area contributed by atoms with Crippen LogP contribution in [0.15, 0.2) is 95.4 Å². The molecule has 0 N–H and O–H groups in total. The van der Waals surface area contributed by atoms with E-state index in [9.17, 15) is 14.4 Å². The van der Waals surface area contributed by atoms with E-state index in [0.29, 0.717) is 17.0 Å². The fourth-order valence-electron chi connectivity index (χ4n) is 4.07. The first-order valence-electron chi connectivity index (χ1n) is 10.3. The van der Waals surface area contributed by atoms with Gasteiger partial charge in [0.2, 0.25) is 5.78 Å². The second-order valence-electron chi connectivity index (χ2n) is 7.58. The molecule has 0 fully saturated rings. The van der Waals surface area contributed by atoms with Crippen LogP contribution in [0.4, 0.5) is 5.69 Å². The van der Waals surface area contributed by atoms with Gasteiger partial charge in [0.25, 0.3) is 11.8 Å². The van der Waals surface area contributed by atoms with Crippen LogP contribution in [-0.2, 0) is 0 Å². The summed E-state index contributed by atoms with van der Waals surface area (Å²) in [6.45, 7) is 0. The molecule has 0 spiro atoms. The number of nitrogens with zero attached hydrogens (tertiary/aromatic N) is 3. The van der Waals surface area contributed by atoms with E-state index in [-0.39, 0.29) is 22.7 Å². The van der Waals surface area contributed by atoms with Crippen molar-refractivity contribution >= 4 is 34.3 Å². The fourth-order valence-corrected chi connectivity index (χ4v) is 4.07. The zero-order valence-electron chi connectivity index (χ0n) is 17.1. The van der Waals surface area contributed by atoms with Crippen molar-refractivity contribution in [3.8, 4) is 5.69 Å². The zero-order chi connectivity index (χ0) is 22.5. The summed E-state index contributed by atoms with van der Waals surface area (Å²) in [4.78, 5) is 41.4. The number of imide groups is 1. The number of fused-ring (bicyclic) bond motifs is 2. The molecular weight excluding hydrogens is 418 g/mol. The highest BCUT2D eigenvalue weighted by Crippen LogP contribution is 2.33. The Morgan fingerprint density at radius 2 is 1.39 bits per heavy atom. The highest BCUT2D eigenvalue weighted by molar-refractivity contribution is 6.36. The molecule has 0 aliphatic carbocycles. The summed E-state index contributed by atoms with van der Waals surface area (Å²) in [7, 11) is 0. The molecule has 1 aliphatic rings. The van der Waals surface area contributed by atoms with Gasteiger partial charge in [-0.05, 0) is 36.4 Å². The second-order valence-corrected chi connectivity index (χ2v) is 7.58. The highest BCUT2D eigenvalue weighted by atomic mass is 16.3. The smallest absolute Gasteiger partial charge is 0.284 e. The van der Waals surface area contributed by atoms with Gasteiger partial charge in [0.15, 0.2) is 11.5 Å². The van der Waals surface area contributed by atoms with Gasteiger partial charge >= 0.3 is 0 Å². The Hall–Kier alpha value is -4.78. The molecule has 5 aromatic rings. The van der Waals surface area contributed by atoms with Crippen molar-refractivity contribution in [1.29, 1.82) is 0 Å². The SMILES string of the molecule is O=C(c1cc2ccccc2o1)c1nn(-c2ccccc2)c2c1C(=O)N(c1ccccc1)C2=O. The summed E-state index contributed by atoms with van der Waals surface area (Å²) in [5.41, 5.74) is 1.43. The molecule has 7 heteroatoms. The Bertz CT molecular complexity index is 1530. The minimum Gasteiger partial charge on any atom is -0.453 e. The summed E-state index contributed by atoms with van der Waals surface area (Å²) in [5.74, 6) is -1.65. The van der Waals surface area contributed by atoms with E-state index >= 15 is 0 Å². The minimum atomic E-state index is -0.595. The Morgan fingerprint density at radius 3 is 2.09 bits per heavy atom. The Labute approximate surface area is 187 Å². The van der Waals surface area contributed by atoms with E-state index in [1.807, 2.05) is 24.3 Å². The molecule has 7 nitrogen and oxygen atoms in total. The van der Waals surface area contributed by atoms with Crippen LogP contribution in [-0.4, -0.2) is 27.4 Å². The fraction of sp³-hybridized carbons (Fsp3) is 0. The van der Waals surface area contributed by atoms with Gasteiger partial charge in [-0.2, -0.15) is 5.10 Å². The monoisotopic (exact) mass is 433 g/mol. The van der Waals surface area contributed by atoms with E-state index in [4.69, 9.17) is 4.42 Å². The van der Waals surface area contributed by atoms with Crippen LogP contribution >= 0.6 is 0 Å². The summed E-state index contributed by atoms with van der Waals surface area (Å²) < 4.78 is 7.08. The number of aromatic nitrogens is 2. The molecule has 0 radical (unpaired) electrons. The average Bonchev–Trinajstić information content (AvgIpc) is 3.53. The molecule has 0 unspecified atom stereocenters. The third-order valence-corrected chi connectivity index (χ3v) is 5.59. The predicted octanol–water partition coefficient (Wildman–Crippen LogP) is 4.65. The zero-order valence-corrected chi connectivity index (χ0v) is 17.1. The number of benzene rings is 3. The molecular formula is C26H15N3O4. The van der Waals surface area contributed by atoms with Crippen LogP contribution < -0.4 is 4.90 Å². The Morgan fingerprint density at radius 1 is 0.758 bits per heavy atom. The minimum absolute atomic E-state index is 0.0295. The molecule has 0 saturated heterocycles. The van der Waals surface area contributed by atoms with Crippen molar-refractivity contribution in [2.24, 2.45) is 0 Å². The van der Waals surface area contributed by atoms with Crippen LogP contribution in [0.1, 0.15) is 37.1 Å². The van der Waals surface area contributed by atoms with E-state index in [0.717, 1.165) is 10.3 Å². The first kappa shape index (κ1) is 18.9. The van der Waals surface area contributed by atoms with Crippen molar-refractivity contribution < 1.29 is 18.8 Å². The molecule has 33 heavy (non-hydrogen) atoms. The Kier molecular flexibility index (Phi) is 4.10. The van der Waals surface area contributed by atoms with Gasteiger partial charge in [-0.25, -0.2) is 9.58 Å². The van der Waals surface area contributed by atoms with Gasteiger partial charge in [0.05, 0.1) is 11.4 Å². The van der Waals surface area contributed by atoms with Gasteiger partial charge in [-0.1, -0.05) is 54.6 Å². The number of hydrogen-bond donors (Lipinski definition) is 0. The van der Waals surface area contributed by atoms with Crippen molar-refractivity contribution in [1.82, 2.24) is 9.78 Å². The van der Waals surface area contributed by atoms with Gasteiger partial charge in [0.1, 0.15) is 16.8 Å². The number of anilines is 1. The highest BCUT2D eigenvalue weighted by Gasteiger charge is 2.45. The summed E-state index contributed by atoms with van der Waals surface area (Å²) >= 11 is 0. The second kappa shape index (κ2) is 7.13. The van der Waals surface area contributed by atoms with Crippen LogP contribution in [0.3, 0.4) is 0 Å². The van der Waals surface area contributed by atoms with Crippen molar-refractivity contribution in [2.75, 3.05) is 4.90 Å². The molecule has 2 amide bonds. The standard InChI is InChI=1S/C26H15N3O4/c30-24(20-15-16-9-7-8-14-19(16)33-20)22-21-23(29(27-22)18-12-5-2-6-13-18)26(32)28(25(21)31)17-10-3-1-4-11-17/h1-15H. The average molecular weight is 433 g/mol.